The fraction of sp³-hybridized carbons (Fsp3) is 0.542. The SMILES string of the molecule is Cc1ccc(CC(C)C)cc1-c1c[c]([Ge]([CH3])([CH3])[CH3])c(C(C)(C)C)c[n+]1C. The average molecular weight is 413 g/mol. The van der Waals surface area contributed by atoms with E-state index in [1.54, 1.807) is 4.40 Å². The van der Waals surface area contributed by atoms with Crippen molar-refractivity contribution in [2.45, 2.75) is 70.6 Å². The van der Waals surface area contributed by atoms with Gasteiger partial charge in [0.2, 0.25) is 0 Å². The third kappa shape index (κ3) is 4.79. The molecule has 0 fully saturated rings. The van der Waals surface area contributed by atoms with Gasteiger partial charge in [0, 0.05) is 0 Å². The van der Waals surface area contributed by atoms with E-state index in [1.807, 2.05) is 0 Å². The zero-order chi connectivity index (χ0) is 19.9. The predicted molar refractivity (Wildman–Crippen MR) is 118 cm³/mol. The molecule has 0 radical (unpaired) electrons. The van der Waals surface area contributed by atoms with Gasteiger partial charge >= 0.3 is 164 Å². The van der Waals surface area contributed by atoms with Crippen molar-refractivity contribution in [1.29, 1.82) is 0 Å². The van der Waals surface area contributed by atoms with Crippen molar-refractivity contribution in [3.05, 3.63) is 47.2 Å². The van der Waals surface area contributed by atoms with Crippen LogP contribution in [0.2, 0.25) is 17.3 Å². The summed E-state index contributed by atoms with van der Waals surface area (Å²) in [6.07, 6.45) is 3.54. The Morgan fingerprint density at radius 3 is 2.15 bits per heavy atom. The first kappa shape index (κ1) is 21.2. The van der Waals surface area contributed by atoms with E-state index in [-0.39, 0.29) is 5.41 Å². The van der Waals surface area contributed by atoms with Crippen molar-refractivity contribution in [2.75, 3.05) is 0 Å². The van der Waals surface area contributed by atoms with Crippen molar-refractivity contribution < 1.29 is 4.57 Å². The summed E-state index contributed by atoms with van der Waals surface area (Å²) >= 11 is -1.99. The van der Waals surface area contributed by atoms with Crippen LogP contribution in [0.25, 0.3) is 11.3 Å². The molecule has 0 aliphatic rings. The summed E-state index contributed by atoms with van der Waals surface area (Å²) in [5.41, 5.74) is 7.25. The molecule has 26 heavy (non-hydrogen) atoms. The summed E-state index contributed by atoms with van der Waals surface area (Å²) in [4.78, 5) is 0. The Balaban J connectivity index is 2.72. The van der Waals surface area contributed by atoms with Crippen molar-refractivity contribution in [2.24, 2.45) is 13.0 Å². The van der Waals surface area contributed by atoms with Gasteiger partial charge in [-0.25, -0.2) is 0 Å². The molecule has 1 nitrogen and oxygen atoms in total. The first-order chi connectivity index (χ1) is 11.8. The minimum atomic E-state index is -1.99. The molecule has 0 atom stereocenters. The van der Waals surface area contributed by atoms with Crippen LogP contribution < -0.4 is 8.96 Å². The summed E-state index contributed by atoms with van der Waals surface area (Å²) in [6.45, 7) is 13.9. The summed E-state index contributed by atoms with van der Waals surface area (Å²) in [5.74, 6) is 8.21. The van der Waals surface area contributed by atoms with Gasteiger partial charge in [0.15, 0.2) is 0 Å². The molecule has 0 amide bonds. The number of aryl methyl sites for hydroxylation is 2. The van der Waals surface area contributed by atoms with Crippen LogP contribution in [0.3, 0.4) is 0 Å². The predicted octanol–water partition coefficient (Wildman–Crippen LogP) is 5.53. The van der Waals surface area contributed by atoms with E-state index in [2.05, 4.69) is 101 Å². The molecular formula is C24H38GeN+. The molecule has 0 spiro atoms. The van der Waals surface area contributed by atoms with Gasteiger partial charge in [0.1, 0.15) is 0 Å². The number of aromatic nitrogens is 1. The van der Waals surface area contributed by atoms with Crippen LogP contribution in [0.1, 0.15) is 51.3 Å². The maximum atomic E-state index is 2.52. The molecule has 1 aromatic heterocycles. The Morgan fingerprint density at radius 2 is 1.65 bits per heavy atom. The van der Waals surface area contributed by atoms with Crippen LogP contribution in [0, 0.1) is 12.8 Å². The van der Waals surface area contributed by atoms with Gasteiger partial charge in [-0.15, -0.1) is 0 Å². The number of pyridine rings is 1. The van der Waals surface area contributed by atoms with E-state index in [0.29, 0.717) is 5.92 Å². The van der Waals surface area contributed by atoms with E-state index in [9.17, 15) is 0 Å². The first-order valence-corrected chi connectivity index (χ1v) is 17.3. The maximum absolute atomic E-state index is 2.52. The second-order valence-corrected chi connectivity index (χ2v) is 20.9. The molecule has 0 saturated heterocycles. The van der Waals surface area contributed by atoms with Crippen LogP contribution in [0.5, 0.6) is 0 Å². The van der Waals surface area contributed by atoms with Crippen LogP contribution in [0.15, 0.2) is 30.5 Å². The van der Waals surface area contributed by atoms with E-state index < -0.39 is 13.3 Å². The van der Waals surface area contributed by atoms with Gasteiger partial charge < -0.3 is 0 Å². The van der Waals surface area contributed by atoms with E-state index in [4.69, 9.17) is 0 Å². The van der Waals surface area contributed by atoms with Crippen molar-refractivity contribution in [3.8, 4) is 11.3 Å². The van der Waals surface area contributed by atoms with Gasteiger partial charge in [-0.3, -0.25) is 0 Å². The Morgan fingerprint density at radius 1 is 1.04 bits per heavy atom. The Labute approximate surface area is 164 Å². The summed E-state index contributed by atoms with van der Waals surface area (Å²) in [6, 6.07) is 9.52. The van der Waals surface area contributed by atoms with Gasteiger partial charge in [-0.1, -0.05) is 0 Å². The molecule has 2 rings (SSSR count). The third-order valence-corrected chi connectivity index (χ3v) is 9.37. The number of hydrogen-bond acceptors (Lipinski definition) is 0. The Bertz CT molecular complexity index is 789. The normalized spacial score (nSPS) is 12.7. The molecule has 0 bridgehead atoms. The number of benzene rings is 1. The van der Waals surface area contributed by atoms with Gasteiger partial charge in [-0.05, 0) is 0 Å². The molecule has 0 aliphatic heterocycles. The molecule has 2 aromatic rings. The van der Waals surface area contributed by atoms with Gasteiger partial charge in [-0.2, -0.15) is 0 Å². The van der Waals surface area contributed by atoms with E-state index in [1.165, 1.54) is 27.9 Å². The second kappa shape index (κ2) is 7.50. The molecule has 142 valence electrons. The fourth-order valence-corrected chi connectivity index (χ4v) is 7.49. The van der Waals surface area contributed by atoms with Crippen LogP contribution >= 0.6 is 0 Å². The van der Waals surface area contributed by atoms with Crippen molar-refractivity contribution >= 4 is 17.7 Å². The molecule has 2 heteroatoms. The topological polar surface area (TPSA) is 3.88 Å². The molecular weight excluding hydrogens is 375 g/mol. The zero-order valence-electron chi connectivity index (χ0n) is 18.6. The molecule has 0 saturated carbocycles. The van der Waals surface area contributed by atoms with Crippen molar-refractivity contribution in [3.63, 3.8) is 0 Å². The minimum absolute atomic E-state index is 0.179. The Hall–Kier alpha value is -1.09. The summed E-state index contributed by atoms with van der Waals surface area (Å²) in [5, 5.41) is 0. The van der Waals surface area contributed by atoms with E-state index >= 15 is 0 Å². The van der Waals surface area contributed by atoms with Crippen molar-refractivity contribution in [1.82, 2.24) is 0 Å². The zero-order valence-corrected chi connectivity index (χ0v) is 20.7. The second-order valence-electron chi connectivity index (χ2n) is 10.3. The quantitative estimate of drug-likeness (QED) is 0.459. The molecule has 1 aromatic carbocycles. The fourth-order valence-electron chi connectivity index (χ4n) is 3.68. The standard InChI is InChI=1S/C24H38GeN/c1-17(2)13-19-12-11-18(3)20(14-19)23-15-22(25(7,8)9)21(16-26(23)10)24(4,5)6/h11-12,14-17H,13H2,1-10H3/q+1. The number of hydrogen-bond donors (Lipinski definition) is 0. The van der Waals surface area contributed by atoms with Crippen LogP contribution in [0.4, 0.5) is 0 Å². The Kier molecular flexibility index (Phi) is 6.12. The summed E-state index contributed by atoms with van der Waals surface area (Å²) in [7, 11) is 2.21. The monoisotopic (exact) mass is 414 g/mol. The van der Waals surface area contributed by atoms with Crippen LogP contribution in [-0.2, 0) is 18.9 Å². The third-order valence-electron chi connectivity index (χ3n) is 5.11. The van der Waals surface area contributed by atoms with E-state index in [0.717, 1.165) is 6.42 Å². The van der Waals surface area contributed by atoms with Gasteiger partial charge in [0.05, 0.1) is 0 Å². The number of rotatable bonds is 4. The molecule has 0 N–H and O–H groups in total. The molecule has 1 heterocycles. The first-order valence-electron chi connectivity index (χ1n) is 9.95. The summed E-state index contributed by atoms with van der Waals surface area (Å²) < 4.78 is 3.98. The number of nitrogens with zero attached hydrogens (tertiary/aromatic N) is 1. The van der Waals surface area contributed by atoms with Crippen LogP contribution in [-0.4, -0.2) is 13.3 Å². The van der Waals surface area contributed by atoms with Gasteiger partial charge in [0.25, 0.3) is 0 Å². The molecule has 0 unspecified atom stereocenters. The average Bonchev–Trinajstić information content (AvgIpc) is 2.46. The molecule has 0 aliphatic carbocycles.